The molecule has 2 aliphatic rings. The molecule has 0 unspecified atom stereocenters. The van der Waals surface area contributed by atoms with E-state index in [2.05, 4.69) is 10.3 Å². The van der Waals surface area contributed by atoms with Crippen LogP contribution in [0.5, 0.6) is 0 Å². The highest BCUT2D eigenvalue weighted by atomic mass is 16.2. The van der Waals surface area contributed by atoms with Crippen molar-refractivity contribution in [2.24, 2.45) is 0 Å². The van der Waals surface area contributed by atoms with E-state index in [0.29, 0.717) is 18.4 Å². The second-order valence-electron chi connectivity index (χ2n) is 7.70. The van der Waals surface area contributed by atoms with Crippen molar-refractivity contribution in [2.45, 2.75) is 51.5 Å². The number of Topliss-reactive ketones (excluding diaryl/α,β-unsaturated/α-hetero) is 1. The Balaban J connectivity index is 1.58. The molecule has 1 saturated heterocycles. The van der Waals surface area contributed by atoms with Crippen molar-refractivity contribution in [1.29, 1.82) is 0 Å². The maximum atomic E-state index is 13.0. The van der Waals surface area contributed by atoms with Gasteiger partial charge < -0.3 is 9.88 Å². The molecule has 1 aliphatic heterocycles. The van der Waals surface area contributed by atoms with Gasteiger partial charge in [0, 0.05) is 23.1 Å². The number of amides is 3. The third kappa shape index (κ3) is 2.91. The lowest BCUT2D eigenvalue weighted by atomic mass is 9.82. The van der Waals surface area contributed by atoms with Crippen LogP contribution in [0.3, 0.4) is 0 Å². The lowest BCUT2D eigenvalue weighted by Gasteiger charge is -2.30. The molecule has 0 bridgehead atoms. The quantitative estimate of drug-likeness (QED) is 0.653. The summed E-state index contributed by atoms with van der Waals surface area (Å²) in [5, 5.41) is 2.85. The Kier molecular flexibility index (Phi) is 4.53. The highest BCUT2D eigenvalue weighted by Gasteiger charge is 2.51. The van der Waals surface area contributed by atoms with Crippen LogP contribution in [0.1, 0.15) is 53.8 Å². The number of hydrogen-bond acceptors (Lipinski definition) is 4. The predicted octanol–water partition coefficient (Wildman–Crippen LogP) is 2.93. The fourth-order valence-corrected chi connectivity index (χ4v) is 4.43. The van der Waals surface area contributed by atoms with Crippen LogP contribution in [0.2, 0.25) is 0 Å². The molecule has 0 radical (unpaired) electrons. The van der Waals surface area contributed by atoms with Gasteiger partial charge in [0.15, 0.2) is 5.78 Å². The molecule has 2 fully saturated rings. The Morgan fingerprint density at radius 1 is 1.18 bits per heavy atom. The van der Waals surface area contributed by atoms with E-state index >= 15 is 0 Å². The zero-order valence-corrected chi connectivity index (χ0v) is 16.2. The molecule has 28 heavy (non-hydrogen) atoms. The SMILES string of the molecule is Cc1cc(C(=O)CN2C(=O)NC3(CCCCC3)C2=O)c(C)n1-c1ccccn1. The Labute approximate surface area is 163 Å². The fourth-order valence-electron chi connectivity index (χ4n) is 4.43. The largest absolute Gasteiger partial charge is 0.325 e. The average molecular weight is 380 g/mol. The summed E-state index contributed by atoms with van der Waals surface area (Å²) in [6, 6.07) is 6.93. The Bertz CT molecular complexity index is 942. The minimum Gasteiger partial charge on any atom is -0.323 e. The lowest BCUT2D eigenvalue weighted by Crippen LogP contribution is -2.48. The summed E-state index contributed by atoms with van der Waals surface area (Å²) < 4.78 is 1.90. The number of pyridine rings is 1. The normalized spacial score (nSPS) is 18.6. The topological polar surface area (TPSA) is 84.3 Å². The van der Waals surface area contributed by atoms with Crippen molar-refractivity contribution in [3.8, 4) is 5.82 Å². The molecule has 1 saturated carbocycles. The van der Waals surface area contributed by atoms with E-state index < -0.39 is 11.6 Å². The molecular formula is C21H24N4O3. The van der Waals surface area contributed by atoms with Gasteiger partial charge in [-0.3, -0.25) is 14.5 Å². The van der Waals surface area contributed by atoms with Gasteiger partial charge in [-0.15, -0.1) is 0 Å². The molecular weight excluding hydrogens is 356 g/mol. The van der Waals surface area contributed by atoms with Gasteiger partial charge in [0.05, 0.1) is 6.54 Å². The average Bonchev–Trinajstić information content (AvgIpc) is 3.11. The molecule has 0 aromatic carbocycles. The van der Waals surface area contributed by atoms with Crippen molar-refractivity contribution in [3.63, 3.8) is 0 Å². The summed E-state index contributed by atoms with van der Waals surface area (Å²) in [5.41, 5.74) is 1.33. The van der Waals surface area contributed by atoms with Crippen molar-refractivity contribution in [2.75, 3.05) is 6.54 Å². The van der Waals surface area contributed by atoms with Gasteiger partial charge in [-0.2, -0.15) is 0 Å². The predicted molar refractivity (Wildman–Crippen MR) is 103 cm³/mol. The second kappa shape index (κ2) is 6.89. The number of ketones is 1. The van der Waals surface area contributed by atoms with Crippen molar-refractivity contribution >= 4 is 17.7 Å². The summed E-state index contributed by atoms with van der Waals surface area (Å²) in [4.78, 5) is 43.8. The lowest BCUT2D eigenvalue weighted by molar-refractivity contribution is -0.132. The minimum absolute atomic E-state index is 0.237. The molecule has 2 aromatic rings. The van der Waals surface area contributed by atoms with E-state index in [9.17, 15) is 14.4 Å². The van der Waals surface area contributed by atoms with Crippen LogP contribution in [0, 0.1) is 13.8 Å². The van der Waals surface area contributed by atoms with Gasteiger partial charge in [0.1, 0.15) is 11.4 Å². The molecule has 3 amide bonds. The number of aromatic nitrogens is 2. The van der Waals surface area contributed by atoms with Crippen molar-refractivity contribution in [3.05, 3.63) is 47.4 Å². The summed E-state index contributed by atoms with van der Waals surface area (Å²) >= 11 is 0. The number of hydrogen-bond donors (Lipinski definition) is 1. The maximum Gasteiger partial charge on any atom is 0.325 e. The minimum atomic E-state index is -0.805. The van der Waals surface area contributed by atoms with Crippen molar-refractivity contribution in [1.82, 2.24) is 19.8 Å². The number of aryl methyl sites for hydroxylation is 1. The summed E-state index contributed by atoms with van der Waals surface area (Å²) in [6.07, 6.45) is 5.90. The van der Waals surface area contributed by atoms with Crippen LogP contribution in [-0.2, 0) is 4.79 Å². The van der Waals surface area contributed by atoms with Crippen LogP contribution in [-0.4, -0.2) is 44.3 Å². The Morgan fingerprint density at radius 2 is 1.93 bits per heavy atom. The number of urea groups is 1. The van der Waals surface area contributed by atoms with E-state index in [1.807, 2.05) is 36.6 Å². The summed E-state index contributed by atoms with van der Waals surface area (Å²) in [5.74, 6) is 0.225. The first-order valence-electron chi connectivity index (χ1n) is 9.71. The van der Waals surface area contributed by atoms with Gasteiger partial charge in [0.25, 0.3) is 5.91 Å². The standard InChI is InChI=1S/C21H24N4O3/c1-14-12-16(15(2)25(14)18-8-4-7-11-22-18)17(26)13-24-19(27)21(23-20(24)28)9-5-3-6-10-21/h4,7-8,11-12H,3,5-6,9-10,13H2,1-2H3,(H,23,28). The number of carbonyl (C=O) groups excluding carboxylic acids is 3. The van der Waals surface area contributed by atoms with Gasteiger partial charge >= 0.3 is 6.03 Å². The van der Waals surface area contributed by atoms with Crippen LogP contribution in [0.25, 0.3) is 5.82 Å². The zero-order valence-electron chi connectivity index (χ0n) is 16.2. The molecule has 0 atom stereocenters. The third-order valence-corrected chi connectivity index (χ3v) is 5.86. The monoisotopic (exact) mass is 380 g/mol. The van der Waals surface area contributed by atoms with Crippen LogP contribution < -0.4 is 5.32 Å². The molecule has 1 spiro atoms. The van der Waals surface area contributed by atoms with E-state index in [0.717, 1.165) is 41.4 Å². The summed E-state index contributed by atoms with van der Waals surface area (Å²) in [7, 11) is 0. The molecule has 1 aliphatic carbocycles. The van der Waals surface area contributed by atoms with Crippen LogP contribution >= 0.6 is 0 Å². The first kappa shape index (κ1) is 18.4. The molecule has 7 nitrogen and oxygen atoms in total. The first-order valence-corrected chi connectivity index (χ1v) is 9.71. The van der Waals surface area contributed by atoms with E-state index in [-0.39, 0.29) is 18.2 Å². The van der Waals surface area contributed by atoms with E-state index in [1.54, 1.807) is 12.3 Å². The molecule has 3 heterocycles. The van der Waals surface area contributed by atoms with Gasteiger partial charge in [-0.1, -0.05) is 25.3 Å². The number of nitrogens with zero attached hydrogens (tertiary/aromatic N) is 3. The van der Waals surface area contributed by atoms with E-state index in [4.69, 9.17) is 0 Å². The molecule has 2 aromatic heterocycles. The van der Waals surface area contributed by atoms with Crippen LogP contribution in [0.4, 0.5) is 4.79 Å². The van der Waals surface area contributed by atoms with Gasteiger partial charge in [0.2, 0.25) is 0 Å². The second-order valence-corrected chi connectivity index (χ2v) is 7.70. The Morgan fingerprint density at radius 3 is 2.61 bits per heavy atom. The van der Waals surface area contributed by atoms with Gasteiger partial charge in [-0.25, -0.2) is 9.78 Å². The van der Waals surface area contributed by atoms with Crippen molar-refractivity contribution < 1.29 is 14.4 Å². The first-order chi connectivity index (χ1) is 13.4. The number of carbonyl (C=O) groups is 3. The summed E-state index contributed by atoms with van der Waals surface area (Å²) in [6.45, 7) is 3.52. The van der Waals surface area contributed by atoms with E-state index in [1.165, 1.54) is 0 Å². The third-order valence-electron chi connectivity index (χ3n) is 5.86. The van der Waals surface area contributed by atoms with Gasteiger partial charge in [-0.05, 0) is 44.9 Å². The van der Waals surface area contributed by atoms with Crippen LogP contribution in [0.15, 0.2) is 30.5 Å². The molecule has 1 N–H and O–H groups in total. The number of rotatable bonds is 4. The smallest absolute Gasteiger partial charge is 0.323 e. The molecule has 4 rings (SSSR count). The fraction of sp³-hybridized carbons (Fsp3) is 0.429. The molecule has 146 valence electrons. The highest BCUT2D eigenvalue weighted by molar-refractivity contribution is 6.11. The number of imide groups is 1. The Hall–Kier alpha value is -2.96. The highest BCUT2D eigenvalue weighted by Crippen LogP contribution is 2.33. The maximum absolute atomic E-state index is 13.0. The molecule has 7 heteroatoms. The number of nitrogens with one attached hydrogen (secondary N) is 1. The zero-order chi connectivity index (χ0) is 19.9.